The standard InChI is InChI=1S/C24H24N2O5S/c1-15-9-11-21(12-17(15)3)26-32(29,30)22-14-18(10-8-16(22)2)23(27)25-20-7-5-6-19(13-20)24(28)31-4/h5-14,26H,1-4H3,(H,25,27). The minimum Gasteiger partial charge on any atom is -0.465 e. The van der Waals surface area contributed by atoms with E-state index >= 15 is 0 Å². The Hall–Kier alpha value is -3.65. The molecular formula is C24H24N2O5S. The van der Waals surface area contributed by atoms with Crippen molar-refractivity contribution in [3.63, 3.8) is 0 Å². The highest BCUT2D eigenvalue weighted by atomic mass is 32.2. The van der Waals surface area contributed by atoms with E-state index in [2.05, 4.69) is 14.8 Å². The number of aryl methyl sites for hydroxylation is 3. The van der Waals surface area contributed by atoms with Crippen LogP contribution in [0.5, 0.6) is 0 Å². The number of carbonyl (C=O) groups is 2. The van der Waals surface area contributed by atoms with Crippen LogP contribution in [-0.2, 0) is 14.8 Å². The topological polar surface area (TPSA) is 102 Å². The van der Waals surface area contributed by atoms with Crippen LogP contribution in [0.3, 0.4) is 0 Å². The summed E-state index contributed by atoms with van der Waals surface area (Å²) in [6.45, 7) is 5.51. The summed E-state index contributed by atoms with van der Waals surface area (Å²) < 4.78 is 33.3. The van der Waals surface area contributed by atoms with Crippen LogP contribution in [0.1, 0.15) is 37.4 Å². The third-order valence-corrected chi connectivity index (χ3v) is 6.56. The first-order valence-corrected chi connectivity index (χ1v) is 11.3. The number of ether oxygens (including phenoxy) is 1. The molecule has 0 aliphatic carbocycles. The largest absolute Gasteiger partial charge is 0.465 e. The van der Waals surface area contributed by atoms with Gasteiger partial charge in [0.05, 0.1) is 17.6 Å². The maximum Gasteiger partial charge on any atom is 0.337 e. The maximum atomic E-state index is 13.0. The number of hydrogen-bond acceptors (Lipinski definition) is 5. The molecule has 0 aliphatic heterocycles. The summed E-state index contributed by atoms with van der Waals surface area (Å²) in [6.07, 6.45) is 0. The van der Waals surface area contributed by atoms with E-state index in [0.29, 0.717) is 16.9 Å². The van der Waals surface area contributed by atoms with E-state index < -0.39 is 21.9 Å². The molecule has 0 fully saturated rings. The number of hydrogen-bond donors (Lipinski definition) is 2. The Bertz CT molecular complexity index is 1300. The third kappa shape index (κ3) is 5.15. The van der Waals surface area contributed by atoms with E-state index in [9.17, 15) is 18.0 Å². The Morgan fingerprint density at radius 2 is 1.50 bits per heavy atom. The van der Waals surface area contributed by atoms with Crippen molar-refractivity contribution >= 4 is 33.3 Å². The van der Waals surface area contributed by atoms with Crippen LogP contribution in [-0.4, -0.2) is 27.4 Å². The number of methoxy groups -OCH3 is 1. The third-order valence-electron chi connectivity index (χ3n) is 5.04. The summed E-state index contributed by atoms with van der Waals surface area (Å²) in [5, 5.41) is 2.68. The van der Waals surface area contributed by atoms with E-state index in [4.69, 9.17) is 0 Å². The zero-order chi connectivity index (χ0) is 23.5. The number of anilines is 2. The molecule has 166 valence electrons. The molecule has 0 unspecified atom stereocenters. The molecule has 7 nitrogen and oxygen atoms in total. The highest BCUT2D eigenvalue weighted by molar-refractivity contribution is 7.92. The number of amides is 1. The molecule has 1 amide bonds. The highest BCUT2D eigenvalue weighted by Gasteiger charge is 2.20. The van der Waals surface area contributed by atoms with E-state index in [1.54, 1.807) is 49.4 Å². The molecule has 8 heteroatoms. The molecule has 0 saturated carbocycles. The van der Waals surface area contributed by atoms with Gasteiger partial charge in [0, 0.05) is 16.9 Å². The van der Waals surface area contributed by atoms with E-state index in [1.807, 2.05) is 19.9 Å². The van der Waals surface area contributed by atoms with Crippen LogP contribution in [0.15, 0.2) is 65.6 Å². The van der Waals surface area contributed by atoms with Gasteiger partial charge in [-0.2, -0.15) is 0 Å². The van der Waals surface area contributed by atoms with Gasteiger partial charge in [-0.15, -0.1) is 0 Å². The molecule has 0 saturated heterocycles. The Balaban J connectivity index is 1.87. The Labute approximate surface area is 187 Å². The summed E-state index contributed by atoms with van der Waals surface area (Å²) in [4.78, 5) is 24.5. The predicted octanol–water partition coefficient (Wildman–Crippen LogP) is 4.45. The first kappa shape index (κ1) is 23.0. The van der Waals surface area contributed by atoms with Gasteiger partial charge in [-0.1, -0.05) is 18.2 Å². The first-order chi connectivity index (χ1) is 15.1. The first-order valence-electron chi connectivity index (χ1n) is 9.81. The molecule has 0 spiro atoms. The second-order valence-electron chi connectivity index (χ2n) is 7.41. The molecule has 0 bridgehead atoms. The second kappa shape index (κ2) is 9.23. The van der Waals surface area contributed by atoms with E-state index in [0.717, 1.165) is 11.1 Å². The van der Waals surface area contributed by atoms with Crippen molar-refractivity contribution in [1.82, 2.24) is 0 Å². The molecule has 0 radical (unpaired) electrons. The van der Waals surface area contributed by atoms with Crippen LogP contribution >= 0.6 is 0 Å². The van der Waals surface area contributed by atoms with Crippen LogP contribution in [0, 0.1) is 20.8 Å². The quantitative estimate of drug-likeness (QED) is 0.538. The maximum absolute atomic E-state index is 13.0. The second-order valence-corrected chi connectivity index (χ2v) is 9.06. The molecule has 3 aromatic rings. The summed E-state index contributed by atoms with van der Waals surface area (Å²) in [5.74, 6) is -1.03. The minimum atomic E-state index is -3.92. The number of nitrogens with one attached hydrogen (secondary N) is 2. The van der Waals surface area contributed by atoms with Gasteiger partial charge in [-0.25, -0.2) is 13.2 Å². The molecule has 2 N–H and O–H groups in total. The lowest BCUT2D eigenvalue weighted by atomic mass is 10.1. The van der Waals surface area contributed by atoms with Crippen molar-refractivity contribution in [3.8, 4) is 0 Å². The van der Waals surface area contributed by atoms with E-state index in [-0.39, 0.29) is 16.0 Å². The van der Waals surface area contributed by atoms with Crippen molar-refractivity contribution in [1.29, 1.82) is 0 Å². The van der Waals surface area contributed by atoms with Crippen LogP contribution < -0.4 is 10.0 Å². The predicted molar refractivity (Wildman–Crippen MR) is 124 cm³/mol. The number of esters is 1. The van der Waals surface area contributed by atoms with Crippen molar-refractivity contribution in [2.75, 3.05) is 17.1 Å². The van der Waals surface area contributed by atoms with Gasteiger partial charge < -0.3 is 10.1 Å². The molecule has 3 aromatic carbocycles. The molecule has 0 heterocycles. The molecule has 3 rings (SSSR count). The summed E-state index contributed by atoms with van der Waals surface area (Å²) in [6, 6.07) is 16.0. The lowest BCUT2D eigenvalue weighted by Gasteiger charge is -2.13. The van der Waals surface area contributed by atoms with Crippen molar-refractivity contribution in [2.45, 2.75) is 25.7 Å². The van der Waals surface area contributed by atoms with Crippen molar-refractivity contribution in [3.05, 3.63) is 88.5 Å². The van der Waals surface area contributed by atoms with Crippen molar-refractivity contribution < 1.29 is 22.7 Å². The fourth-order valence-corrected chi connectivity index (χ4v) is 4.41. The molecule has 0 aromatic heterocycles. The van der Waals surface area contributed by atoms with Gasteiger partial charge in [0.25, 0.3) is 15.9 Å². The van der Waals surface area contributed by atoms with Gasteiger partial charge in [0.1, 0.15) is 0 Å². The average molecular weight is 453 g/mol. The number of rotatable bonds is 6. The highest BCUT2D eigenvalue weighted by Crippen LogP contribution is 2.23. The Morgan fingerprint density at radius 3 is 2.19 bits per heavy atom. The van der Waals surface area contributed by atoms with Crippen LogP contribution in [0.4, 0.5) is 11.4 Å². The lowest BCUT2D eigenvalue weighted by molar-refractivity contribution is 0.0600. The van der Waals surface area contributed by atoms with Gasteiger partial charge in [0.15, 0.2) is 0 Å². The average Bonchev–Trinajstić information content (AvgIpc) is 2.75. The Kier molecular flexibility index (Phi) is 6.64. The lowest BCUT2D eigenvalue weighted by Crippen LogP contribution is -2.17. The fraction of sp³-hybridized carbons (Fsp3) is 0.167. The minimum absolute atomic E-state index is 0.00619. The zero-order valence-electron chi connectivity index (χ0n) is 18.2. The number of carbonyl (C=O) groups excluding carboxylic acids is 2. The van der Waals surface area contributed by atoms with Gasteiger partial charge in [-0.3, -0.25) is 9.52 Å². The van der Waals surface area contributed by atoms with Crippen LogP contribution in [0.25, 0.3) is 0 Å². The Morgan fingerprint density at radius 1 is 0.781 bits per heavy atom. The number of sulfonamides is 1. The molecular weight excluding hydrogens is 428 g/mol. The molecule has 0 atom stereocenters. The SMILES string of the molecule is COC(=O)c1cccc(NC(=O)c2ccc(C)c(S(=O)(=O)Nc3ccc(C)c(C)c3)c2)c1. The summed E-state index contributed by atoms with van der Waals surface area (Å²) in [5.41, 5.74) is 3.81. The van der Waals surface area contributed by atoms with Gasteiger partial charge in [0.2, 0.25) is 0 Å². The molecule has 32 heavy (non-hydrogen) atoms. The van der Waals surface area contributed by atoms with Crippen molar-refractivity contribution in [2.24, 2.45) is 0 Å². The van der Waals surface area contributed by atoms with Gasteiger partial charge in [-0.05, 0) is 79.9 Å². The normalized spacial score (nSPS) is 11.0. The zero-order valence-corrected chi connectivity index (χ0v) is 19.0. The number of benzene rings is 3. The van der Waals surface area contributed by atoms with Crippen LogP contribution in [0.2, 0.25) is 0 Å². The smallest absolute Gasteiger partial charge is 0.337 e. The fourth-order valence-electron chi connectivity index (χ4n) is 3.09. The monoisotopic (exact) mass is 452 g/mol. The molecule has 0 aliphatic rings. The summed E-state index contributed by atoms with van der Waals surface area (Å²) >= 11 is 0. The van der Waals surface area contributed by atoms with Gasteiger partial charge >= 0.3 is 5.97 Å². The van der Waals surface area contributed by atoms with E-state index in [1.165, 1.54) is 19.2 Å². The summed E-state index contributed by atoms with van der Waals surface area (Å²) in [7, 11) is -2.64.